The Balaban J connectivity index is 1.01. The van der Waals surface area contributed by atoms with Gasteiger partial charge >= 0.3 is 24.1 Å². The maximum atomic E-state index is 13.4. The van der Waals surface area contributed by atoms with Crippen molar-refractivity contribution in [3.8, 4) is 23.0 Å². The van der Waals surface area contributed by atoms with E-state index in [1.54, 1.807) is 30.3 Å². The fourth-order valence-corrected chi connectivity index (χ4v) is 8.62. The third-order valence-electron chi connectivity index (χ3n) is 9.49. The summed E-state index contributed by atoms with van der Waals surface area (Å²) in [7, 11) is -8.49. The summed E-state index contributed by atoms with van der Waals surface area (Å²) in [5.41, 5.74) is -0.931. The van der Waals surface area contributed by atoms with Crippen LogP contribution in [0.4, 0.5) is 30.2 Å². The molecule has 6 aromatic rings. The molecule has 0 aliphatic carbocycles. The molecule has 0 amide bonds. The zero-order chi connectivity index (χ0) is 50.5. The van der Waals surface area contributed by atoms with Gasteiger partial charge in [-0.25, -0.2) is 21.6 Å². The van der Waals surface area contributed by atoms with Crippen molar-refractivity contribution in [1.29, 1.82) is 0 Å². The van der Waals surface area contributed by atoms with E-state index in [2.05, 4.69) is 9.44 Å². The molecule has 0 aromatic heterocycles. The molecular weight excluding hydrogens is 968 g/mol. The van der Waals surface area contributed by atoms with E-state index in [0.717, 1.165) is 31.2 Å². The highest BCUT2D eigenvalue weighted by molar-refractivity contribution is 7.93. The highest BCUT2D eigenvalue weighted by atomic mass is 32.2. The smallest absolute Gasteiger partial charge is 0.416 e. The Morgan fingerprint density at radius 3 is 1.70 bits per heavy atom. The van der Waals surface area contributed by atoms with Crippen molar-refractivity contribution in [3.63, 3.8) is 0 Å². The van der Waals surface area contributed by atoms with Crippen LogP contribution >= 0.6 is 0 Å². The molecule has 2 N–H and O–H groups in total. The van der Waals surface area contributed by atoms with Crippen molar-refractivity contribution in [2.75, 3.05) is 35.9 Å². The van der Waals surface area contributed by atoms with Crippen LogP contribution in [-0.4, -0.2) is 66.1 Å². The first-order valence-corrected chi connectivity index (χ1v) is 23.5. The average Bonchev–Trinajstić information content (AvgIpc) is 3.32. The second kappa shape index (κ2) is 22.7. The molecule has 0 radical (unpaired) electrons. The maximum absolute atomic E-state index is 13.4. The van der Waals surface area contributed by atoms with Gasteiger partial charge in [-0.15, -0.1) is 0 Å². The van der Waals surface area contributed by atoms with Crippen LogP contribution < -0.4 is 28.4 Å². The molecule has 0 fully saturated rings. The first-order valence-electron chi connectivity index (χ1n) is 20.6. The summed E-state index contributed by atoms with van der Waals surface area (Å²) in [6.45, 7) is 0.802. The molecule has 0 saturated heterocycles. The minimum atomic E-state index is -4.63. The molecule has 6 rings (SSSR count). The molecule has 0 spiro atoms. The number of para-hydroxylation sites is 3. The summed E-state index contributed by atoms with van der Waals surface area (Å²) < 4.78 is 128. The van der Waals surface area contributed by atoms with E-state index in [9.17, 15) is 54.5 Å². The first-order chi connectivity index (χ1) is 33.3. The molecule has 23 heteroatoms. The van der Waals surface area contributed by atoms with Crippen LogP contribution in [0, 0.1) is 10.1 Å². The minimum absolute atomic E-state index is 0.00811. The zero-order valence-electron chi connectivity index (χ0n) is 36.5. The number of hydrogen-bond donors (Lipinski definition) is 2. The average molecular weight is 1010 g/mol. The Hall–Kier alpha value is -8.18. The standard InChI is InChI=1S/C47H40F3N3O15S2/c1-31(54)67-46(56)45(39-9-3-6-12-42(39)66-29-27-64-36-20-16-34(17-21-36)51-69(59,60)38-24-14-33(15-25-38)47(48,49)50)68-44(55)30-32-8-2-5-11-41(32)65-28-26-63-37-22-18-35(19-23-37)52-70(61,62)43-13-7-4-10-40(43)53(57)58/h2-25,45,51-52H,26-30H2,1H3. The molecule has 1 unspecified atom stereocenters. The number of nitrogens with zero attached hydrogens (tertiary/aromatic N) is 1. The molecule has 18 nitrogen and oxygen atoms in total. The van der Waals surface area contributed by atoms with E-state index in [4.69, 9.17) is 28.4 Å². The van der Waals surface area contributed by atoms with Crippen molar-refractivity contribution in [3.05, 3.63) is 172 Å². The highest BCUT2D eigenvalue weighted by Crippen LogP contribution is 2.32. The number of ether oxygens (including phenoxy) is 6. The monoisotopic (exact) mass is 1010 g/mol. The molecule has 6 aromatic carbocycles. The predicted molar refractivity (Wildman–Crippen MR) is 243 cm³/mol. The first kappa shape index (κ1) is 51.2. The topological polar surface area (TPSA) is 242 Å². The zero-order valence-corrected chi connectivity index (χ0v) is 38.1. The van der Waals surface area contributed by atoms with Crippen LogP contribution in [0.15, 0.2) is 155 Å². The minimum Gasteiger partial charge on any atom is -0.490 e. The summed E-state index contributed by atoms with van der Waals surface area (Å²) in [4.78, 5) is 48.1. The van der Waals surface area contributed by atoms with E-state index in [-0.39, 0.29) is 59.8 Å². The molecule has 0 heterocycles. The van der Waals surface area contributed by atoms with Crippen molar-refractivity contribution in [2.45, 2.75) is 35.4 Å². The number of esters is 3. The van der Waals surface area contributed by atoms with E-state index >= 15 is 0 Å². The molecular formula is C47H40F3N3O15S2. The fraction of sp³-hybridized carbons (Fsp3) is 0.170. The lowest BCUT2D eigenvalue weighted by Gasteiger charge is -2.20. The Bertz CT molecular complexity index is 3050. The Kier molecular flexibility index (Phi) is 16.6. The van der Waals surface area contributed by atoms with E-state index in [1.165, 1.54) is 78.9 Å². The molecule has 1 atom stereocenters. The van der Waals surface area contributed by atoms with Crippen molar-refractivity contribution >= 4 is 55.0 Å². The second-order valence-corrected chi connectivity index (χ2v) is 17.8. The normalized spacial score (nSPS) is 11.9. The van der Waals surface area contributed by atoms with Crippen LogP contribution in [0.25, 0.3) is 0 Å². The fourth-order valence-electron chi connectivity index (χ4n) is 6.32. The highest BCUT2D eigenvalue weighted by Gasteiger charge is 2.32. The van der Waals surface area contributed by atoms with Crippen LogP contribution in [0.5, 0.6) is 23.0 Å². The number of halogens is 3. The van der Waals surface area contributed by atoms with Gasteiger partial charge in [0, 0.05) is 35.5 Å². The van der Waals surface area contributed by atoms with Gasteiger partial charge in [-0.05, 0) is 91.0 Å². The number of nitrogens with one attached hydrogen (secondary N) is 2. The maximum Gasteiger partial charge on any atom is 0.416 e. The number of carbonyl (C=O) groups excluding carboxylic acids is 3. The third-order valence-corrected chi connectivity index (χ3v) is 12.3. The number of alkyl halides is 3. The van der Waals surface area contributed by atoms with Gasteiger partial charge in [-0.3, -0.25) is 29.1 Å². The number of hydrogen-bond acceptors (Lipinski definition) is 15. The summed E-state index contributed by atoms with van der Waals surface area (Å²) in [5, 5.41) is 11.3. The number of anilines is 2. The SMILES string of the molecule is CC(=O)OC(=O)C(OC(=O)Cc1ccccc1OCCOc1ccc(NS(=O)(=O)c2ccccc2[N+](=O)[O-])cc1)c1ccccc1OCCOc1ccc(NS(=O)(=O)c2ccc(C(F)(F)F)cc2)cc1. The van der Waals surface area contributed by atoms with Crippen LogP contribution in [-0.2, 0) is 56.5 Å². The van der Waals surface area contributed by atoms with E-state index < -0.39 is 77.7 Å². The Morgan fingerprint density at radius 2 is 1.13 bits per heavy atom. The Morgan fingerprint density at radius 1 is 0.629 bits per heavy atom. The van der Waals surface area contributed by atoms with Gasteiger partial charge in [-0.2, -0.15) is 13.2 Å². The van der Waals surface area contributed by atoms with Crippen molar-refractivity contribution in [2.24, 2.45) is 0 Å². The van der Waals surface area contributed by atoms with Crippen LogP contribution in [0.1, 0.15) is 29.7 Å². The van der Waals surface area contributed by atoms with Gasteiger partial charge in [0.1, 0.15) is 49.4 Å². The number of sulfonamides is 2. The summed E-state index contributed by atoms with van der Waals surface area (Å²) in [5.74, 6) is -2.07. The third kappa shape index (κ3) is 14.2. The molecule has 0 aliphatic rings. The van der Waals surface area contributed by atoms with Crippen LogP contribution in [0.2, 0.25) is 0 Å². The van der Waals surface area contributed by atoms with Crippen molar-refractivity contribution in [1.82, 2.24) is 0 Å². The van der Waals surface area contributed by atoms with Gasteiger partial charge in [0.05, 0.1) is 21.8 Å². The number of nitro benzene ring substituents is 1. The predicted octanol–water partition coefficient (Wildman–Crippen LogP) is 8.05. The quantitative estimate of drug-likeness (QED) is 0.0215. The van der Waals surface area contributed by atoms with Gasteiger partial charge in [0.2, 0.25) is 6.10 Å². The van der Waals surface area contributed by atoms with Gasteiger partial charge in [0.25, 0.3) is 25.7 Å². The van der Waals surface area contributed by atoms with Gasteiger partial charge in [0.15, 0.2) is 4.90 Å². The number of rotatable bonds is 22. The Labute approximate surface area is 398 Å². The number of benzene rings is 6. The lowest BCUT2D eigenvalue weighted by Crippen LogP contribution is -2.25. The summed E-state index contributed by atoms with van der Waals surface area (Å²) >= 11 is 0. The molecule has 70 heavy (non-hydrogen) atoms. The summed E-state index contributed by atoms with van der Waals surface area (Å²) in [6.07, 6.45) is -6.78. The van der Waals surface area contributed by atoms with E-state index in [0.29, 0.717) is 29.2 Å². The summed E-state index contributed by atoms with van der Waals surface area (Å²) in [6, 6.07) is 31.9. The van der Waals surface area contributed by atoms with Crippen LogP contribution in [0.3, 0.4) is 0 Å². The van der Waals surface area contributed by atoms with Crippen molar-refractivity contribution < 1.29 is 77.7 Å². The number of nitro groups is 1. The molecule has 0 saturated carbocycles. The van der Waals surface area contributed by atoms with Gasteiger partial charge < -0.3 is 28.4 Å². The van der Waals surface area contributed by atoms with E-state index in [1.807, 2.05) is 0 Å². The lowest BCUT2D eigenvalue weighted by atomic mass is 10.1. The number of carbonyl (C=O) groups is 3. The van der Waals surface area contributed by atoms with Gasteiger partial charge in [-0.1, -0.05) is 48.5 Å². The largest absolute Gasteiger partial charge is 0.490 e. The second-order valence-electron chi connectivity index (χ2n) is 14.5. The lowest BCUT2D eigenvalue weighted by molar-refractivity contribution is -0.387. The molecule has 0 aliphatic heterocycles. The molecule has 0 bridgehead atoms. The molecule has 366 valence electrons.